The SMILES string of the molecule is CC(C)N1C(=O)[C@H]2C(C(=O)Nc3ccc(Br)cc3)[C@H]3C=CC2(O3)C1C(=O)NC1CCCCC1. The van der Waals surface area contributed by atoms with E-state index in [1.165, 1.54) is 6.42 Å². The van der Waals surface area contributed by atoms with Crippen LogP contribution in [0.1, 0.15) is 46.0 Å². The van der Waals surface area contributed by atoms with E-state index >= 15 is 0 Å². The molecular weight excluding hydrogens is 486 g/mol. The minimum absolute atomic E-state index is 0.130. The summed E-state index contributed by atoms with van der Waals surface area (Å²) in [7, 11) is 0. The van der Waals surface area contributed by atoms with Crippen LogP contribution < -0.4 is 10.6 Å². The Balaban J connectivity index is 1.43. The number of nitrogens with one attached hydrogen (secondary N) is 2. The Bertz CT molecular complexity index is 988. The fraction of sp³-hybridized carbons (Fsp3) is 0.560. The first-order chi connectivity index (χ1) is 15.8. The molecule has 1 aromatic rings. The minimum Gasteiger partial charge on any atom is -0.359 e. The number of amides is 3. The van der Waals surface area contributed by atoms with Crippen LogP contribution in [0.2, 0.25) is 0 Å². The summed E-state index contributed by atoms with van der Waals surface area (Å²) in [6.07, 6.45) is 8.51. The molecule has 33 heavy (non-hydrogen) atoms. The molecule has 2 saturated heterocycles. The molecule has 3 aliphatic heterocycles. The van der Waals surface area contributed by atoms with Crippen molar-refractivity contribution in [1.82, 2.24) is 10.2 Å². The zero-order valence-electron chi connectivity index (χ0n) is 18.9. The summed E-state index contributed by atoms with van der Waals surface area (Å²) in [4.78, 5) is 42.2. The maximum atomic E-state index is 13.7. The van der Waals surface area contributed by atoms with Crippen molar-refractivity contribution in [3.8, 4) is 0 Å². The van der Waals surface area contributed by atoms with Gasteiger partial charge in [0.05, 0.1) is 17.9 Å². The van der Waals surface area contributed by atoms with Crippen LogP contribution in [0, 0.1) is 11.8 Å². The highest BCUT2D eigenvalue weighted by Crippen LogP contribution is 2.55. The lowest BCUT2D eigenvalue weighted by Crippen LogP contribution is -2.57. The summed E-state index contributed by atoms with van der Waals surface area (Å²) in [6.45, 7) is 3.81. The van der Waals surface area contributed by atoms with Gasteiger partial charge < -0.3 is 20.3 Å². The van der Waals surface area contributed by atoms with E-state index in [9.17, 15) is 14.4 Å². The maximum absolute atomic E-state index is 13.7. The highest BCUT2D eigenvalue weighted by molar-refractivity contribution is 9.10. The smallest absolute Gasteiger partial charge is 0.246 e. The molecule has 1 spiro atoms. The number of ether oxygens (including phenoxy) is 1. The zero-order valence-corrected chi connectivity index (χ0v) is 20.5. The van der Waals surface area contributed by atoms with Crippen molar-refractivity contribution in [1.29, 1.82) is 0 Å². The number of hydrogen-bond donors (Lipinski definition) is 2. The molecule has 5 atom stereocenters. The highest BCUT2D eigenvalue weighted by Gasteiger charge is 2.73. The Labute approximate surface area is 202 Å². The van der Waals surface area contributed by atoms with Crippen molar-refractivity contribution in [3.05, 3.63) is 40.9 Å². The second-order valence-electron chi connectivity index (χ2n) is 9.88. The fourth-order valence-electron chi connectivity index (χ4n) is 6.05. The summed E-state index contributed by atoms with van der Waals surface area (Å²) in [5, 5.41) is 6.13. The molecule has 1 saturated carbocycles. The fourth-order valence-corrected chi connectivity index (χ4v) is 6.31. The molecule has 3 amide bonds. The van der Waals surface area contributed by atoms with Gasteiger partial charge in [0.1, 0.15) is 11.6 Å². The van der Waals surface area contributed by atoms with Crippen molar-refractivity contribution >= 4 is 39.3 Å². The van der Waals surface area contributed by atoms with Gasteiger partial charge in [-0.15, -0.1) is 0 Å². The summed E-state index contributed by atoms with van der Waals surface area (Å²) in [5.74, 6) is -2.02. The first-order valence-electron chi connectivity index (χ1n) is 11.9. The molecule has 1 aromatic carbocycles. The van der Waals surface area contributed by atoms with Gasteiger partial charge in [-0.25, -0.2) is 0 Å². The second-order valence-corrected chi connectivity index (χ2v) is 10.8. The number of carbonyl (C=O) groups excluding carboxylic acids is 3. The van der Waals surface area contributed by atoms with Crippen molar-refractivity contribution in [3.63, 3.8) is 0 Å². The lowest BCUT2D eigenvalue weighted by molar-refractivity contribution is -0.143. The molecule has 1 aliphatic carbocycles. The van der Waals surface area contributed by atoms with Gasteiger partial charge in [-0.05, 0) is 51.0 Å². The standard InChI is InChI=1S/C25H30BrN3O4/c1-14(2)29-21(23(31)28-16-6-4-3-5-7-16)25-13-12-18(33-25)19(20(25)24(29)32)22(30)27-17-10-8-15(26)9-11-17/h8-14,16,18-21H,3-7H2,1-2H3,(H,27,30)(H,28,31)/t18-,19?,20-,21?,25?/m1/s1. The molecule has 3 unspecified atom stereocenters. The first kappa shape index (κ1) is 22.6. The Morgan fingerprint density at radius 2 is 1.82 bits per heavy atom. The molecule has 8 heteroatoms. The van der Waals surface area contributed by atoms with E-state index in [1.807, 2.05) is 38.1 Å². The summed E-state index contributed by atoms with van der Waals surface area (Å²) in [5.41, 5.74) is -0.450. The third-order valence-electron chi connectivity index (χ3n) is 7.48. The van der Waals surface area contributed by atoms with E-state index in [0.29, 0.717) is 5.69 Å². The number of nitrogens with zero attached hydrogens (tertiary/aromatic N) is 1. The number of fused-ring (bicyclic) bond motifs is 1. The van der Waals surface area contributed by atoms with Crippen molar-refractivity contribution in [2.45, 2.75) is 75.8 Å². The van der Waals surface area contributed by atoms with Gasteiger partial charge in [-0.3, -0.25) is 14.4 Å². The predicted molar refractivity (Wildman–Crippen MR) is 127 cm³/mol. The van der Waals surface area contributed by atoms with Gasteiger partial charge >= 0.3 is 0 Å². The van der Waals surface area contributed by atoms with E-state index in [4.69, 9.17) is 4.74 Å². The molecule has 5 rings (SSSR count). The first-order valence-corrected chi connectivity index (χ1v) is 12.7. The van der Waals surface area contributed by atoms with Gasteiger partial charge in [0.2, 0.25) is 17.7 Å². The van der Waals surface area contributed by atoms with Gasteiger partial charge in [-0.1, -0.05) is 47.3 Å². The third kappa shape index (κ3) is 3.71. The van der Waals surface area contributed by atoms with Crippen LogP contribution in [0.5, 0.6) is 0 Å². The van der Waals surface area contributed by atoms with E-state index in [-0.39, 0.29) is 29.8 Å². The van der Waals surface area contributed by atoms with Crippen LogP contribution in [0.25, 0.3) is 0 Å². The number of anilines is 1. The molecule has 2 bridgehead atoms. The van der Waals surface area contributed by atoms with E-state index < -0.39 is 29.6 Å². The average molecular weight is 516 g/mol. The van der Waals surface area contributed by atoms with Gasteiger partial charge in [-0.2, -0.15) is 0 Å². The molecule has 0 radical (unpaired) electrons. The van der Waals surface area contributed by atoms with Crippen molar-refractivity contribution < 1.29 is 19.1 Å². The van der Waals surface area contributed by atoms with E-state index in [1.54, 1.807) is 17.0 Å². The van der Waals surface area contributed by atoms with Crippen LogP contribution in [-0.4, -0.2) is 52.5 Å². The van der Waals surface area contributed by atoms with Gasteiger partial charge in [0, 0.05) is 22.2 Å². The molecule has 3 fully saturated rings. The lowest BCUT2D eigenvalue weighted by Gasteiger charge is -2.35. The Kier molecular flexibility index (Phi) is 5.85. The zero-order chi connectivity index (χ0) is 23.3. The van der Waals surface area contributed by atoms with Crippen molar-refractivity contribution in [2.75, 3.05) is 5.32 Å². The van der Waals surface area contributed by atoms with Crippen LogP contribution >= 0.6 is 15.9 Å². The quantitative estimate of drug-likeness (QED) is 0.588. The molecule has 3 heterocycles. The Morgan fingerprint density at radius 3 is 2.48 bits per heavy atom. The lowest BCUT2D eigenvalue weighted by atomic mass is 9.74. The minimum atomic E-state index is -1.10. The predicted octanol–water partition coefficient (Wildman–Crippen LogP) is 3.40. The van der Waals surface area contributed by atoms with Crippen LogP contribution in [-0.2, 0) is 19.1 Å². The Hall–Kier alpha value is -2.19. The number of likely N-dealkylation sites (tertiary alicyclic amines) is 1. The van der Waals surface area contributed by atoms with Crippen molar-refractivity contribution in [2.24, 2.45) is 11.8 Å². The van der Waals surface area contributed by atoms with E-state index in [0.717, 1.165) is 30.2 Å². The summed E-state index contributed by atoms with van der Waals surface area (Å²) < 4.78 is 7.26. The molecule has 7 nitrogen and oxygen atoms in total. The molecular formula is C25H30BrN3O4. The number of halogens is 1. The largest absolute Gasteiger partial charge is 0.359 e. The maximum Gasteiger partial charge on any atom is 0.246 e. The normalized spacial score (nSPS) is 33.0. The number of carbonyl (C=O) groups is 3. The second kappa shape index (κ2) is 8.55. The molecule has 4 aliphatic rings. The van der Waals surface area contributed by atoms with Crippen LogP contribution in [0.15, 0.2) is 40.9 Å². The average Bonchev–Trinajstić information content (AvgIpc) is 3.43. The summed E-state index contributed by atoms with van der Waals surface area (Å²) in [6, 6.07) is 6.47. The van der Waals surface area contributed by atoms with E-state index in [2.05, 4.69) is 26.6 Å². The van der Waals surface area contributed by atoms with Gasteiger partial charge in [0.25, 0.3) is 0 Å². The van der Waals surface area contributed by atoms with Gasteiger partial charge in [0.15, 0.2) is 0 Å². The topological polar surface area (TPSA) is 87.7 Å². The molecule has 2 N–H and O–H groups in total. The monoisotopic (exact) mass is 515 g/mol. The molecule has 176 valence electrons. The third-order valence-corrected chi connectivity index (χ3v) is 8.01. The number of benzene rings is 1. The number of rotatable bonds is 5. The Morgan fingerprint density at radius 1 is 1.12 bits per heavy atom. The summed E-state index contributed by atoms with van der Waals surface area (Å²) >= 11 is 3.39. The highest BCUT2D eigenvalue weighted by atomic mass is 79.9. The van der Waals surface area contributed by atoms with Crippen LogP contribution in [0.3, 0.4) is 0 Å². The van der Waals surface area contributed by atoms with Crippen LogP contribution in [0.4, 0.5) is 5.69 Å². The molecule has 0 aromatic heterocycles. The number of hydrogen-bond acceptors (Lipinski definition) is 4.